The Morgan fingerprint density at radius 2 is 2.18 bits per heavy atom. The summed E-state index contributed by atoms with van der Waals surface area (Å²) in [5.74, 6) is 0.721. The predicted molar refractivity (Wildman–Crippen MR) is 66.0 cm³/mol. The van der Waals surface area contributed by atoms with Crippen molar-refractivity contribution in [2.45, 2.75) is 19.1 Å². The third kappa shape index (κ3) is 4.30. The molecular weight excluding hydrogens is 220 g/mol. The first-order valence-electron chi connectivity index (χ1n) is 5.56. The van der Waals surface area contributed by atoms with E-state index in [-0.39, 0.29) is 0 Å². The molecule has 1 aromatic rings. The molecule has 1 aromatic heterocycles. The Labute approximate surface area is 102 Å². The molecule has 17 heavy (non-hydrogen) atoms. The highest BCUT2D eigenvalue weighted by Crippen LogP contribution is 2.17. The number of rotatable bonds is 6. The summed E-state index contributed by atoms with van der Waals surface area (Å²) in [4.78, 5) is 6.03. The van der Waals surface area contributed by atoms with Crippen LogP contribution in [0.15, 0.2) is 18.3 Å². The van der Waals surface area contributed by atoms with Crippen molar-refractivity contribution < 1.29 is 14.9 Å². The summed E-state index contributed by atoms with van der Waals surface area (Å²) in [5, 5.41) is 19.1. The van der Waals surface area contributed by atoms with Crippen molar-refractivity contribution >= 4 is 5.82 Å². The Kier molecular flexibility index (Phi) is 5.34. The van der Waals surface area contributed by atoms with Crippen LogP contribution >= 0.6 is 0 Å². The number of pyridine rings is 1. The molecule has 0 bridgehead atoms. The molecular formula is C12H20N2O3. The van der Waals surface area contributed by atoms with Crippen LogP contribution in [0.5, 0.6) is 0 Å². The van der Waals surface area contributed by atoms with Crippen LogP contribution in [0.1, 0.15) is 18.6 Å². The van der Waals surface area contributed by atoms with Crippen molar-refractivity contribution in [1.29, 1.82) is 0 Å². The van der Waals surface area contributed by atoms with E-state index in [0.29, 0.717) is 13.2 Å². The van der Waals surface area contributed by atoms with Crippen molar-refractivity contribution in [2.24, 2.45) is 0 Å². The molecule has 1 heterocycles. The summed E-state index contributed by atoms with van der Waals surface area (Å²) in [7, 11) is 3.39. The van der Waals surface area contributed by atoms with E-state index in [1.807, 2.05) is 18.0 Å². The van der Waals surface area contributed by atoms with Gasteiger partial charge in [-0.05, 0) is 24.6 Å². The molecule has 1 rings (SSSR count). The van der Waals surface area contributed by atoms with Gasteiger partial charge in [0.25, 0.3) is 0 Å². The molecule has 0 radical (unpaired) electrons. The van der Waals surface area contributed by atoms with E-state index in [9.17, 15) is 10.2 Å². The van der Waals surface area contributed by atoms with Gasteiger partial charge in [-0.15, -0.1) is 0 Å². The minimum Gasteiger partial charge on any atom is -0.389 e. The number of aromatic nitrogens is 1. The van der Waals surface area contributed by atoms with Gasteiger partial charge in [-0.25, -0.2) is 4.98 Å². The van der Waals surface area contributed by atoms with E-state index >= 15 is 0 Å². The first-order chi connectivity index (χ1) is 8.04. The molecule has 2 atom stereocenters. The van der Waals surface area contributed by atoms with Gasteiger partial charge >= 0.3 is 0 Å². The number of anilines is 1. The summed E-state index contributed by atoms with van der Waals surface area (Å²) < 4.78 is 4.87. The van der Waals surface area contributed by atoms with E-state index in [4.69, 9.17) is 4.74 Å². The van der Waals surface area contributed by atoms with Crippen LogP contribution in [0.25, 0.3) is 0 Å². The Morgan fingerprint density at radius 3 is 2.76 bits per heavy atom. The van der Waals surface area contributed by atoms with Crippen LogP contribution in [-0.2, 0) is 4.74 Å². The Hall–Kier alpha value is -1.17. The standard InChI is InChI=1S/C12H20N2O3/c1-9(15)10-4-5-13-12(6-10)14(2)7-11(16)8-17-3/h4-6,9,11,15-16H,7-8H2,1-3H3/t9-,11?/m0/s1. The van der Waals surface area contributed by atoms with Crippen molar-refractivity contribution in [2.75, 3.05) is 32.2 Å². The average Bonchev–Trinajstić information content (AvgIpc) is 2.29. The van der Waals surface area contributed by atoms with Crippen LogP contribution in [0.2, 0.25) is 0 Å². The smallest absolute Gasteiger partial charge is 0.128 e. The lowest BCUT2D eigenvalue weighted by Crippen LogP contribution is -2.32. The maximum atomic E-state index is 9.62. The van der Waals surface area contributed by atoms with Crippen LogP contribution in [-0.4, -0.2) is 48.6 Å². The molecule has 96 valence electrons. The number of ether oxygens (including phenoxy) is 1. The average molecular weight is 240 g/mol. The maximum absolute atomic E-state index is 9.62. The van der Waals surface area contributed by atoms with E-state index in [0.717, 1.165) is 11.4 Å². The second-order valence-corrected chi connectivity index (χ2v) is 4.11. The lowest BCUT2D eigenvalue weighted by Gasteiger charge is -2.22. The quantitative estimate of drug-likeness (QED) is 0.761. The lowest BCUT2D eigenvalue weighted by molar-refractivity contribution is 0.0694. The normalized spacial score (nSPS) is 14.4. The van der Waals surface area contributed by atoms with Crippen molar-refractivity contribution in [3.63, 3.8) is 0 Å². The minimum absolute atomic E-state index is 0.292. The molecule has 2 N–H and O–H groups in total. The Bertz CT molecular complexity index is 344. The molecule has 0 amide bonds. The number of nitrogens with zero attached hydrogens (tertiary/aromatic N) is 2. The van der Waals surface area contributed by atoms with Gasteiger partial charge in [0.15, 0.2) is 0 Å². The number of likely N-dealkylation sites (N-methyl/N-ethyl adjacent to an activating group) is 1. The molecule has 0 saturated heterocycles. The van der Waals surface area contributed by atoms with Crippen LogP contribution in [0.3, 0.4) is 0 Å². The Balaban J connectivity index is 2.68. The van der Waals surface area contributed by atoms with Crippen molar-refractivity contribution in [3.05, 3.63) is 23.9 Å². The highest BCUT2D eigenvalue weighted by Gasteiger charge is 2.11. The molecule has 0 fully saturated rings. The third-order valence-electron chi connectivity index (χ3n) is 2.49. The molecule has 1 unspecified atom stereocenters. The number of hydrogen-bond donors (Lipinski definition) is 2. The molecule has 0 aliphatic rings. The molecule has 0 spiro atoms. The number of aliphatic hydroxyl groups is 2. The van der Waals surface area contributed by atoms with E-state index in [2.05, 4.69) is 4.98 Å². The monoisotopic (exact) mass is 240 g/mol. The summed E-state index contributed by atoms with van der Waals surface area (Å²) in [6.45, 7) is 2.43. The SMILES string of the molecule is COCC(O)CN(C)c1cc([C@H](C)O)ccn1. The minimum atomic E-state index is -0.554. The zero-order chi connectivity index (χ0) is 12.8. The summed E-state index contributed by atoms with van der Waals surface area (Å²) in [6, 6.07) is 3.58. The van der Waals surface area contributed by atoms with Gasteiger partial charge in [-0.2, -0.15) is 0 Å². The highest BCUT2D eigenvalue weighted by molar-refractivity contribution is 5.40. The van der Waals surface area contributed by atoms with Crippen molar-refractivity contribution in [1.82, 2.24) is 4.98 Å². The fraction of sp³-hybridized carbons (Fsp3) is 0.583. The fourth-order valence-corrected chi connectivity index (χ4v) is 1.56. The van der Waals surface area contributed by atoms with Gasteiger partial charge in [0.2, 0.25) is 0 Å². The highest BCUT2D eigenvalue weighted by atomic mass is 16.5. The lowest BCUT2D eigenvalue weighted by atomic mass is 10.1. The Morgan fingerprint density at radius 1 is 1.47 bits per heavy atom. The third-order valence-corrected chi connectivity index (χ3v) is 2.49. The van der Waals surface area contributed by atoms with E-state index in [1.54, 1.807) is 26.3 Å². The molecule has 0 aromatic carbocycles. The predicted octanol–water partition coefficient (Wildman–Crippen LogP) is 0.578. The van der Waals surface area contributed by atoms with Gasteiger partial charge in [0, 0.05) is 26.9 Å². The van der Waals surface area contributed by atoms with Gasteiger partial charge in [-0.3, -0.25) is 0 Å². The molecule has 5 heteroatoms. The van der Waals surface area contributed by atoms with Crippen LogP contribution in [0, 0.1) is 0 Å². The summed E-state index contributed by atoms with van der Waals surface area (Å²) in [5.41, 5.74) is 0.808. The molecule has 5 nitrogen and oxygen atoms in total. The van der Waals surface area contributed by atoms with Crippen LogP contribution in [0.4, 0.5) is 5.82 Å². The topological polar surface area (TPSA) is 65.8 Å². The summed E-state index contributed by atoms with van der Waals surface area (Å²) in [6.07, 6.45) is 0.576. The zero-order valence-electron chi connectivity index (χ0n) is 10.5. The second kappa shape index (κ2) is 6.54. The fourth-order valence-electron chi connectivity index (χ4n) is 1.56. The second-order valence-electron chi connectivity index (χ2n) is 4.11. The summed E-state index contributed by atoms with van der Waals surface area (Å²) >= 11 is 0. The van der Waals surface area contributed by atoms with Gasteiger partial charge < -0.3 is 19.8 Å². The van der Waals surface area contributed by atoms with Gasteiger partial charge in [-0.1, -0.05) is 0 Å². The van der Waals surface area contributed by atoms with Crippen LogP contribution < -0.4 is 4.90 Å². The molecule has 0 saturated carbocycles. The van der Waals surface area contributed by atoms with E-state index in [1.165, 1.54) is 0 Å². The first-order valence-corrected chi connectivity index (χ1v) is 5.56. The maximum Gasteiger partial charge on any atom is 0.128 e. The van der Waals surface area contributed by atoms with Crippen molar-refractivity contribution in [3.8, 4) is 0 Å². The zero-order valence-corrected chi connectivity index (χ0v) is 10.5. The number of hydrogen-bond acceptors (Lipinski definition) is 5. The molecule has 0 aliphatic carbocycles. The van der Waals surface area contributed by atoms with Gasteiger partial charge in [0.05, 0.1) is 18.8 Å². The first kappa shape index (κ1) is 13.9. The van der Waals surface area contributed by atoms with Gasteiger partial charge in [0.1, 0.15) is 5.82 Å². The largest absolute Gasteiger partial charge is 0.389 e. The number of aliphatic hydroxyl groups excluding tert-OH is 2. The molecule has 0 aliphatic heterocycles. The number of methoxy groups -OCH3 is 1. The van der Waals surface area contributed by atoms with E-state index < -0.39 is 12.2 Å².